The highest BCUT2D eigenvalue weighted by atomic mass is 32.1. The second kappa shape index (κ2) is 9.45. The molecule has 0 bridgehead atoms. The minimum Gasteiger partial charge on any atom is -0.497 e. The minimum absolute atomic E-state index is 0.00214. The van der Waals surface area contributed by atoms with Gasteiger partial charge in [0.1, 0.15) is 5.75 Å². The maximum atomic E-state index is 13.4. The van der Waals surface area contributed by atoms with Crippen molar-refractivity contribution in [2.45, 2.75) is 24.8 Å². The number of ether oxygens (including phenoxy) is 2. The smallest absolute Gasteiger partial charge is 0.231 e. The number of hydrogen-bond acceptors (Lipinski definition) is 5. The molecule has 0 radical (unpaired) electrons. The summed E-state index contributed by atoms with van der Waals surface area (Å²) in [6.45, 7) is 1.49. The third kappa shape index (κ3) is 4.55. The molecule has 0 spiro atoms. The van der Waals surface area contributed by atoms with Gasteiger partial charge in [-0.25, -0.2) is 0 Å². The highest BCUT2D eigenvalue weighted by Gasteiger charge is 2.41. The fourth-order valence-corrected chi connectivity index (χ4v) is 4.85. The van der Waals surface area contributed by atoms with Gasteiger partial charge in [-0.05, 0) is 42.7 Å². The Hall–Kier alpha value is -2.96. The third-order valence-corrected chi connectivity index (χ3v) is 6.85. The number of hydrogen-bond donors (Lipinski definition) is 1. The highest BCUT2D eigenvalue weighted by molar-refractivity contribution is 7.14. The molecule has 2 heterocycles. The van der Waals surface area contributed by atoms with Crippen LogP contribution in [0.4, 0.5) is 0 Å². The first-order chi connectivity index (χ1) is 15.1. The summed E-state index contributed by atoms with van der Waals surface area (Å²) in [5, 5.41) is 3.10. The Balaban J connectivity index is 1.47. The summed E-state index contributed by atoms with van der Waals surface area (Å²) in [7, 11) is 1.63. The van der Waals surface area contributed by atoms with Crippen LogP contribution in [0.2, 0.25) is 0 Å². The molecule has 0 aliphatic carbocycles. The van der Waals surface area contributed by atoms with Gasteiger partial charge in [-0.2, -0.15) is 0 Å². The summed E-state index contributed by atoms with van der Waals surface area (Å²) < 4.78 is 10.8. The van der Waals surface area contributed by atoms with Crippen molar-refractivity contribution < 1.29 is 19.1 Å². The van der Waals surface area contributed by atoms with E-state index in [9.17, 15) is 9.59 Å². The zero-order valence-electron chi connectivity index (χ0n) is 17.4. The molecule has 1 saturated heterocycles. The molecule has 160 valence electrons. The van der Waals surface area contributed by atoms with E-state index in [1.165, 1.54) is 11.3 Å². The molecule has 0 unspecified atom stereocenters. The second-order valence-electron chi connectivity index (χ2n) is 7.57. The largest absolute Gasteiger partial charge is 0.497 e. The fraction of sp³-hybridized carbons (Fsp3) is 0.280. The van der Waals surface area contributed by atoms with E-state index in [0.29, 0.717) is 43.0 Å². The number of carbonyl (C=O) groups excluding carboxylic acids is 2. The molecule has 1 N–H and O–H groups in total. The second-order valence-corrected chi connectivity index (χ2v) is 8.74. The molecule has 1 aromatic heterocycles. The predicted octanol–water partition coefficient (Wildman–Crippen LogP) is 4.35. The number of methoxy groups -OCH3 is 1. The van der Waals surface area contributed by atoms with E-state index in [4.69, 9.17) is 9.47 Å². The van der Waals surface area contributed by atoms with Gasteiger partial charge < -0.3 is 14.8 Å². The maximum absolute atomic E-state index is 13.4. The average molecular weight is 436 g/mol. The van der Waals surface area contributed by atoms with E-state index >= 15 is 0 Å². The molecule has 1 aliphatic rings. The topological polar surface area (TPSA) is 64.6 Å². The first-order valence-corrected chi connectivity index (χ1v) is 11.1. The fourth-order valence-electron chi connectivity index (χ4n) is 3.94. The molecule has 0 saturated carbocycles. The molecule has 6 heteroatoms. The monoisotopic (exact) mass is 435 g/mol. The summed E-state index contributed by atoms with van der Waals surface area (Å²) in [6.07, 6.45) is 1.26. The van der Waals surface area contributed by atoms with E-state index in [1.54, 1.807) is 7.11 Å². The standard InChI is InChI=1S/C25H25NO4S/c1-29-20-9-7-19(8-10-20)25(13-15-30-16-14-25)24(28)26-17-21-11-12-22(31-21)23(27)18-5-3-2-4-6-18/h2-12H,13-17H2,1H3,(H,26,28). The Morgan fingerprint density at radius 1 is 1.00 bits per heavy atom. The quantitative estimate of drug-likeness (QED) is 0.561. The van der Waals surface area contributed by atoms with Crippen LogP contribution in [0.5, 0.6) is 5.75 Å². The lowest BCUT2D eigenvalue weighted by Crippen LogP contribution is -2.47. The Morgan fingerprint density at radius 2 is 1.71 bits per heavy atom. The van der Waals surface area contributed by atoms with Crippen LogP contribution in [0.15, 0.2) is 66.7 Å². The number of rotatable bonds is 7. The Bertz CT molecular complexity index is 1040. The van der Waals surface area contributed by atoms with Gasteiger partial charge in [-0.15, -0.1) is 11.3 Å². The lowest BCUT2D eigenvalue weighted by atomic mass is 9.73. The van der Waals surface area contributed by atoms with Crippen molar-refractivity contribution in [3.05, 3.63) is 87.6 Å². The van der Waals surface area contributed by atoms with Crippen molar-refractivity contribution in [2.75, 3.05) is 20.3 Å². The van der Waals surface area contributed by atoms with Crippen molar-refractivity contribution >= 4 is 23.0 Å². The minimum atomic E-state index is -0.621. The number of nitrogens with one attached hydrogen (secondary N) is 1. The number of ketones is 1. The molecular weight excluding hydrogens is 410 g/mol. The zero-order chi connectivity index (χ0) is 21.7. The van der Waals surface area contributed by atoms with E-state index in [0.717, 1.165) is 16.2 Å². The summed E-state index contributed by atoms with van der Waals surface area (Å²) in [5.41, 5.74) is 1.02. The van der Waals surface area contributed by atoms with Crippen LogP contribution in [0.1, 0.15) is 38.5 Å². The average Bonchev–Trinajstić information content (AvgIpc) is 3.32. The van der Waals surface area contributed by atoms with Gasteiger partial charge >= 0.3 is 0 Å². The number of amides is 1. The van der Waals surface area contributed by atoms with Gasteiger partial charge in [-0.3, -0.25) is 9.59 Å². The zero-order valence-corrected chi connectivity index (χ0v) is 18.2. The first kappa shape index (κ1) is 21.3. The van der Waals surface area contributed by atoms with Crippen molar-refractivity contribution in [1.82, 2.24) is 5.32 Å². The van der Waals surface area contributed by atoms with E-state index in [1.807, 2.05) is 66.7 Å². The number of carbonyl (C=O) groups is 2. The molecule has 1 fully saturated rings. The van der Waals surface area contributed by atoms with Crippen LogP contribution in [0.25, 0.3) is 0 Å². The van der Waals surface area contributed by atoms with Gasteiger partial charge in [-0.1, -0.05) is 42.5 Å². The van der Waals surface area contributed by atoms with Gasteiger partial charge in [0.15, 0.2) is 0 Å². The van der Waals surface area contributed by atoms with Crippen molar-refractivity contribution in [1.29, 1.82) is 0 Å². The SMILES string of the molecule is COc1ccc(C2(C(=O)NCc3ccc(C(=O)c4ccccc4)s3)CCOCC2)cc1. The summed E-state index contributed by atoms with van der Waals surface area (Å²) in [5.74, 6) is 0.758. The molecule has 31 heavy (non-hydrogen) atoms. The predicted molar refractivity (Wildman–Crippen MR) is 121 cm³/mol. The Labute approximate surface area is 186 Å². The summed E-state index contributed by atoms with van der Waals surface area (Å²) >= 11 is 1.42. The van der Waals surface area contributed by atoms with Crippen LogP contribution in [0.3, 0.4) is 0 Å². The molecule has 0 atom stereocenters. The van der Waals surface area contributed by atoms with Crippen LogP contribution < -0.4 is 10.1 Å². The Morgan fingerprint density at radius 3 is 2.39 bits per heavy atom. The van der Waals surface area contributed by atoms with Crippen LogP contribution in [-0.4, -0.2) is 32.0 Å². The van der Waals surface area contributed by atoms with Crippen LogP contribution in [0, 0.1) is 0 Å². The molecular formula is C25H25NO4S. The normalized spacial score (nSPS) is 15.3. The van der Waals surface area contributed by atoms with E-state index in [2.05, 4.69) is 5.32 Å². The first-order valence-electron chi connectivity index (χ1n) is 10.3. The summed E-state index contributed by atoms with van der Waals surface area (Å²) in [4.78, 5) is 27.6. The molecule has 1 aliphatic heterocycles. The number of thiophene rings is 1. The Kier molecular flexibility index (Phi) is 6.49. The van der Waals surface area contributed by atoms with Crippen LogP contribution in [-0.2, 0) is 21.5 Å². The third-order valence-electron chi connectivity index (χ3n) is 5.77. The lowest BCUT2D eigenvalue weighted by molar-refractivity contribution is -0.130. The van der Waals surface area contributed by atoms with Crippen molar-refractivity contribution in [3.63, 3.8) is 0 Å². The number of benzene rings is 2. The molecule has 3 aromatic rings. The molecule has 1 amide bonds. The molecule has 4 rings (SSSR count). The van der Waals surface area contributed by atoms with Gasteiger partial charge in [0, 0.05) is 23.7 Å². The maximum Gasteiger partial charge on any atom is 0.231 e. The van der Waals surface area contributed by atoms with Gasteiger partial charge in [0.05, 0.1) is 23.9 Å². The van der Waals surface area contributed by atoms with E-state index in [-0.39, 0.29) is 11.7 Å². The molecule has 2 aromatic carbocycles. The summed E-state index contributed by atoms with van der Waals surface area (Å²) in [6, 6.07) is 20.7. The lowest BCUT2D eigenvalue weighted by Gasteiger charge is -2.36. The highest BCUT2D eigenvalue weighted by Crippen LogP contribution is 2.36. The van der Waals surface area contributed by atoms with Gasteiger partial charge in [0.2, 0.25) is 11.7 Å². The van der Waals surface area contributed by atoms with Crippen LogP contribution >= 0.6 is 11.3 Å². The molecule has 5 nitrogen and oxygen atoms in total. The van der Waals surface area contributed by atoms with E-state index < -0.39 is 5.41 Å². The van der Waals surface area contributed by atoms with Gasteiger partial charge in [0.25, 0.3) is 0 Å². The van der Waals surface area contributed by atoms with Crippen molar-refractivity contribution in [3.8, 4) is 5.75 Å². The van der Waals surface area contributed by atoms with Crippen molar-refractivity contribution in [2.24, 2.45) is 0 Å².